The quantitative estimate of drug-likeness (QED) is 0.332. The summed E-state index contributed by atoms with van der Waals surface area (Å²) in [6, 6.07) is 19.1. The van der Waals surface area contributed by atoms with Gasteiger partial charge in [-0.05, 0) is 42.5 Å². The number of nitrogens with zero attached hydrogens (tertiary/aromatic N) is 2. The topological polar surface area (TPSA) is 112 Å². The van der Waals surface area contributed by atoms with Gasteiger partial charge in [-0.3, -0.25) is 9.59 Å². The molecule has 0 spiro atoms. The minimum Gasteiger partial charge on any atom is -0.488 e. The van der Waals surface area contributed by atoms with E-state index in [0.29, 0.717) is 26.9 Å². The lowest BCUT2D eigenvalue weighted by Crippen LogP contribution is -2.38. The van der Waals surface area contributed by atoms with E-state index in [0.717, 1.165) is 4.90 Å². The van der Waals surface area contributed by atoms with Crippen LogP contribution < -0.4 is 15.4 Å². The van der Waals surface area contributed by atoms with E-state index < -0.39 is 30.2 Å². The van der Waals surface area contributed by atoms with Crippen molar-refractivity contribution in [1.29, 1.82) is 5.26 Å². The molecule has 36 heavy (non-hydrogen) atoms. The number of anilines is 1. The smallest absolute Gasteiger partial charge is 0.329 e. The van der Waals surface area contributed by atoms with E-state index in [-0.39, 0.29) is 18.0 Å². The average molecular weight is 549 g/mol. The molecule has 0 bridgehead atoms. The Morgan fingerprint density at radius 2 is 1.89 bits per heavy atom. The lowest BCUT2D eigenvalue weighted by molar-refractivity contribution is -0.127. The van der Waals surface area contributed by atoms with Crippen LogP contribution in [0.4, 0.5) is 14.9 Å². The van der Waals surface area contributed by atoms with E-state index in [1.807, 2.05) is 0 Å². The van der Waals surface area contributed by atoms with Gasteiger partial charge in [-0.15, -0.1) is 0 Å². The van der Waals surface area contributed by atoms with Crippen molar-refractivity contribution in [3.05, 3.63) is 99.4 Å². The second-order valence-electron chi connectivity index (χ2n) is 7.65. The first-order valence-electron chi connectivity index (χ1n) is 10.6. The number of imide groups is 1. The van der Waals surface area contributed by atoms with Crippen molar-refractivity contribution in [2.24, 2.45) is 0 Å². The molecular formula is C26H18BrFN4O4. The summed E-state index contributed by atoms with van der Waals surface area (Å²) in [5.74, 6) is -1.67. The first kappa shape index (κ1) is 24.6. The largest absolute Gasteiger partial charge is 0.488 e. The van der Waals surface area contributed by atoms with Crippen LogP contribution in [0.1, 0.15) is 16.7 Å². The zero-order valence-electron chi connectivity index (χ0n) is 18.6. The van der Waals surface area contributed by atoms with Crippen molar-refractivity contribution in [2.75, 3.05) is 11.9 Å². The van der Waals surface area contributed by atoms with Crippen molar-refractivity contribution < 1.29 is 23.5 Å². The molecule has 3 aromatic carbocycles. The summed E-state index contributed by atoms with van der Waals surface area (Å²) < 4.78 is 20.4. The van der Waals surface area contributed by atoms with Crippen LogP contribution in [0, 0.1) is 17.1 Å². The molecular weight excluding hydrogens is 531 g/mol. The van der Waals surface area contributed by atoms with E-state index >= 15 is 0 Å². The second kappa shape index (κ2) is 10.8. The number of nitriles is 1. The van der Waals surface area contributed by atoms with Crippen LogP contribution in [-0.4, -0.2) is 29.3 Å². The van der Waals surface area contributed by atoms with Gasteiger partial charge in [-0.2, -0.15) is 5.26 Å². The van der Waals surface area contributed by atoms with Crippen LogP contribution in [0.3, 0.4) is 0 Å². The van der Waals surface area contributed by atoms with Crippen LogP contribution in [0.5, 0.6) is 5.75 Å². The van der Waals surface area contributed by atoms with E-state index in [4.69, 9.17) is 4.74 Å². The molecule has 10 heteroatoms. The Morgan fingerprint density at radius 3 is 2.67 bits per heavy atom. The number of carbonyl (C=O) groups excluding carboxylic acids is 3. The van der Waals surface area contributed by atoms with Crippen LogP contribution in [0.2, 0.25) is 0 Å². The standard InChI is InChI=1S/C26H18BrFN4O4/c27-19-9-10-23(36-15-17-6-2-1-5-16(17)13-29)18(11-19)12-22-25(34)32(26(35)31-22)14-24(33)30-21-8-4-3-7-20(21)28/h1-12H,14-15H2,(H,30,33)(H,31,35)/b22-12+. The SMILES string of the molecule is N#Cc1ccccc1COc1ccc(Br)cc1/C=C1/NC(=O)N(CC(=O)Nc2ccccc2F)C1=O. The summed E-state index contributed by atoms with van der Waals surface area (Å²) in [6.45, 7) is -0.479. The molecule has 4 amide bonds. The van der Waals surface area contributed by atoms with Crippen molar-refractivity contribution in [2.45, 2.75) is 6.61 Å². The molecule has 0 atom stereocenters. The number of carbonyl (C=O) groups is 3. The van der Waals surface area contributed by atoms with Gasteiger partial charge in [0.2, 0.25) is 5.91 Å². The zero-order chi connectivity index (χ0) is 25.7. The fraction of sp³-hybridized carbons (Fsp3) is 0.0769. The number of benzene rings is 3. The molecule has 2 N–H and O–H groups in total. The molecule has 0 saturated carbocycles. The Hall–Kier alpha value is -4.49. The van der Waals surface area contributed by atoms with Crippen LogP contribution in [0.25, 0.3) is 6.08 Å². The van der Waals surface area contributed by atoms with Crippen LogP contribution >= 0.6 is 15.9 Å². The molecule has 8 nitrogen and oxygen atoms in total. The van der Waals surface area contributed by atoms with E-state index in [2.05, 4.69) is 32.6 Å². The van der Waals surface area contributed by atoms with Crippen LogP contribution in [0.15, 0.2) is 76.9 Å². The maximum absolute atomic E-state index is 13.8. The first-order valence-corrected chi connectivity index (χ1v) is 11.4. The molecule has 1 saturated heterocycles. The fourth-order valence-corrected chi connectivity index (χ4v) is 3.82. The van der Waals surface area contributed by atoms with Gasteiger partial charge in [0.15, 0.2) is 0 Å². The molecule has 0 unspecified atom stereocenters. The Morgan fingerprint density at radius 1 is 1.14 bits per heavy atom. The highest BCUT2D eigenvalue weighted by Gasteiger charge is 2.35. The molecule has 1 aliphatic rings. The van der Waals surface area contributed by atoms with Gasteiger partial charge in [0.1, 0.15) is 30.4 Å². The number of urea groups is 1. The number of ether oxygens (including phenoxy) is 1. The number of para-hydroxylation sites is 1. The van der Waals surface area contributed by atoms with Gasteiger partial charge >= 0.3 is 6.03 Å². The molecule has 0 aromatic heterocycles. The van der Waals surface area contributed by atoms with Crippen molar-refractivity contribution >= 4 is 45.5 Å². The Balaban J connectivity index is 1.50. The number of nitrogens with one attached hydrogen (secondary N) is 2. The van der Waals surface area contributed by atoms with Gasteiger partial charge < -0.3 is 15.4 Å². The molecule has 1 heterocycles. The predicted molar refractivity (Wildman–Crippen MR) is 133 cm³/mol. The first-order chi connectivity index (χ1) is 17.4. The molecule has 1 aliphatic heterocycles. The Bertz CT molecular complexity index is 1430. The Labute approximate surface area is 214 Å². The number of halogens is 2. The van der Waals surface area contributed by atoms with Gasteiger partial charge in [0.25, 0.3) is 5.91 Å². The third-order valence-electron chi connectivity index (χ3n) is 5.20. The number of hydrogen-bond donors (Lipinski definition) is 2. The molecule has 1 fully saturated rings. The molecule has 0 radical (unpaired) electrons. The minimum absolute atomic E-state index is 0.0563. The Kier molecular flexibility index (Phi) is 7.42. The summed E-state index contributed by atoms with van der Waals surface area (Å²) in [5.41, 5.74) is 1.55. The summed E-state index contributed by atoms with van der Waals surface area (Å²) >= 11 is 3.38. The van der Waals surface area contributed by atoms with E-state index in [1.54, 1.807) is 48.5 Å². The van der Waals surface area contributed by atoms with Gasteiger partial charge in [-0.1, -0.05) is 46.3 Å². The van der Waals surface area contributed by atoms with Crippen molar-refractivity contribution in [1.82, 2.24) is 10.2 Å². The third kappa shape index (κ3) is 5.59. The lowest BCUT2D eigenvalue weighted by atomic mass is 10.1. The highest BCUT2D eigenvalue weighted by atomic mass is 79.9. The van der Waals surface area contributed by atoms with E-state index in [9.17, 15) is 24.0 Å². The van der Waals surface area contributed by atoms with Crippen molar-refractivity contribution in [3.8, 4) is 11.8 Å². The van der Waals surface area contributed by atoms with E-state index in [1.165, 1.54) is 24.3 Å². The third-order valence-corrected chi connectivity index (χ3v) is 5.70. The summed E-state index contributed by atoms with van der Waals surface area (Å²) in [6.07, 6.45) is 1.44. The minimum atomic E-state index is -0.782. The fourth-order valence-electron chi connectivity index (χ4n) is 3.44. The molecule has 180 valence electrons. The maximum atomic E-state index is 13.8. The zero-order valence-corrected chi connectivity index (χ0v) is 20.2. The monoisotopic (exact) mass is 548 g/mol. The number of hydrogen-bond acceptors (Lipinski definition) is 5. The van der Waals surface area contributed by atoms with Crippen LogP contribution in [-0.2, 0) is 16.2 Å². The summed E-state index contributed by atoms with van der Waals surface area (Å²) in [7, 11) is 0. The molecule has 3 aromatic rings. The number of amides is 4. The van der Waals surface area contributed by atoms with Crippen molar-refractivity contribution in [3.63, 3.8) is 0 Å². The normalized spacial score (nSPS) is 13.9. The number of rotatable bonds is 7. The maximum Gasteiger partial charge on any atom is 0.329 e. The second-order valence-corrected chi connectivity index (χ2v) is 8.56. The highest BCUT2D eigenvalue weighted by molar-refractivity contribution is 9.10. The highest BCUT2D eigenvalue weighted by Crippen LogP contribution is 2.28. The van der Waals surface area contributed by atoms with Gasteiger partial charge in [0, 0.05) is 15.6 Å². The molecule has 0 aliphatic carbocycles. The summed E-state index contributed by atoms with van der Waals surface area (Å²) in [5, 5.41) is 14.1. The van der Waals surface area contributed by atoms with Gasteiger partial charge in [0.05, 0.1) is 17.3 Å². The average Bonchev–Trinajstić information content (AvgIpc) is 3.12. The summed E-state index contributed by atoms with van der Waals surface area (Å²) in [4.78, 5) is 38.3. The lowest BCUT2D eigenvalue weighted by Gasteiger charge is -2.12. The van der Waals surface area contributed by atoms with Gasteiger partial charge in [-0.25, -0.2) is 14.1 Å². The predicted octanol–water partition coefficient (Wildman–Crippen LogP) is 4.57. The molecule has 4 rings (SSSR count).